The van der Waals surface area contributed by atoms with Gasteiger partial charge >= 0.3 is 0 Å². The first-order chi connectivity index (χ1) is 8.17. The van der Waals surface area contributed by atoms with Gasteiger partial charge in [0.05, 0.1) is 0 Å². The van der Waals surface area contributed by atoms with Crippen molar-refractivity contribution >= 4 is 0 Å². The van der Waals surface area contributed by atoms with Crippen molar-refractivity contribution in [2.75, 3.05) is 20.3 Å². The van der Waals surface area contributed by atoms with Crippen LogP contribution in [-0.4, -0.2) is 20.3 Å². The van der Waals surface area contributed by atoms with Crippen molar-refractivity contribution < 1.29 is 9.13 Å². The third-order valence-electron chi connectivity index (χ3n) is 2.79. The predicted molar refractivity (Wildman–Crippen MR) is 68.5 cm³/mol. The topological polar surface area (TPSA) is 21.3 Å². The number of nitrogens with one attached hydrogen (secondary N) is 1. The molecule has 2 atom stereocenters. The minimum Gasteiger partial charge on any atom is -0.384 e. The lowest BCUT2D eigenvalue weighted by Crippen LogP contribution is -2.24. The van der Waals surface area contributed by atoms with Crippen LogP contribution in [0, 0.1) is 11.7 Å². The third-order valence-corrected chi connectivity index (χ3v) is 2.79. The van der Waals surface area contributed by atoms with E-state index >= 15 is 0 Å². The van der Waals surface area contributed by atoms with Gasteiger partial charge in [0.2, 0.25) is 0 Å². The highest BCUT2D eigenvalue weighted by Crippen LogP contribution is 2.22. The molecular formula is C14H22FNO. The molecule has 2 unspecified atom stereocenters. The second-order valence-corrected chi connectivity index (χ2v) is 4.46. The summed E-state index contributed by atoms with van der Waals surface area (Å²) in [6, 6.07) is 7.00. The molecular weight excluding hydrogens is 217 g/mol. The zero-order valence-corrected chi connectivity index (χ0v) is 10.9. The van der Waals surface area contributed by atoms with Gasteiger partial charge in [0.15, 0.2) is 0 Å². The molecule has 3 heteroatoms. The summed E-state index contributed by atoms with van der Waals surface area (Å²) < 4.78 is 18.3. The molecule has 0 aromatic heterocycles. The summed E-state index contributed by atoms with van der Waals surface area (Å²) in [6.45, 7) is 5.82. The van der Waals surface area contributed by atoms with Crippen LogP contribution in [0.2, 0.25) is 0 Å². The third kappa shape index (κ3) is 4.84. The zero-order valence-electron chi connectivity index (χ0n) is 10.9. The number of hydrogen-bond acceptors (Lipinski definition) is 2. The lowest BCUT2D eigenvalue weighted by molar-refractivity contribution is 0.149. The van der Waals surface area contributed by atoms with Crippen molar-refractivity contribution in [2.24, 2.45) is 5.92 Å². The molecule has 0 aliphatic heterocycles. The number of rotatable bonds is 7. The van der Waals surface area contributed by atoms with Gasteiger partial charge in [0.25, 0.3) is 0 Å². The zero-order chi connectivity index (χ0) is 12.7. The quantitative estimate of drug-likeness (QED) is 0.789. The van der Waals surface area contributed by atoms with E-state index in [1.54, 1.807) is 19.2 Å². The minimum atomic E-state index is -0.176. The summed E-state index contributed by atoms with van der Waals surface area (Å²) in [5, 5.41) is 3.39. The molecule has 0 saturated heterocycles. The van der Waals surface area contributed by atoms with Crippen LogP contribution in [0.5, 0.6) is 0 Å². The molecule has 0 fully saturated rings. The Morgan fingerprint density at radius 1 is 1.41 bits per heavy atom. The van der Waals surface area contributed by atoms with Gasteiger partial charge < -0.3 is 10.1 Å². The molecule has 17 heavy (non-hydrogen) atoms. The Balaban J connectivity index is 2.71. The second-order valence-electron chi connectivity index (χ2n) is 4.46. The number of hydrogen-bond donors (Lipinski definition) is 1. The molecule has 0 aliphatic carbocycles. The van der Waals surface area contributed by atoms with Crippen LogP contribution in [0.4, 0.5) is 4.39 Å². The van der Waals surface area contributed by atoms with Gasteiger partial charge in [-0.2, -0.15) is 0 Å². The maximum Gasteiger partial charge on any atom is 0.123 e. The normalized spacial score (nSPS) is 14.6. The average Bonchev–Trinajstić information content (AvgIpc) is 2.29. The maximum absolute atomic E-state index is 13.2. The van der Waals surface area contributed by atoms with E-state index in [2.05, 4.69) is 19.2 Å². The lowest BCUT2D eigenvalue weighted by Gasteiger charge is -2.22. The van der Waals surface area contributed by atoms with Crippen molar-refractivity contribution in [2.45, 2.75) is 26.3 Å². The van der Waals surface area contributed by atoms with E-state index in [4.69, 9.17) is 4.74 Å². The number of halogens is 1. The molecule has 0 amide bonds. The van der Waals surface area contributed by atoms with Crippen molar-refractivity contribution in [3.05, 3.63) is 35.6 Å². The fourth-order valence-electron chi connectivity index (χ4n) is 2.06. The molecule has 0 radical (unpaired) electrons. The van der Waals surface area contributed by atoms with E-state index in [0.29, 0.717) is 5.92 Å². The van der Waals surface area contributed by atoms with E-state index in [-0.39, 0.29) is 11.9 Å². The first kappa shape index (κ1) is 14.1. The van der Waals surface area contributed by atoms with E-state index in [1.807, 2.05) is 6.07 Å². The summed E-state index contributed by atoms with van der Waals surface area (Å²) in [5.41, 5.74) is 1.01. The van der Waals surface area contributed by atoms with Crippen molar-refractivity contribution in [1.82, 2.24) is 5.32 Å². The van der Waals surface area contributed by atoms with Crippen LogP contribution in [0.15, 0.2) is 24.3 Å². The Morgan fingerprint density at radius 3 is 2.76 bits per heavy atom. The summed E-state index contributed by atoms with van der Waals surface area (Å²) in [4.78, 5) is 0. The van der Waals surface area contributed by atoms with Gasteiger partial charge in [-0.3, -0.25) is 0 Å². The second kappa shape index (κ2) is 7.41. The predicted octanol–water partition coefficient (Wildman–Crippen LogP) is 3.15. The van der Waals surface area contributed by atoms with Crippen LogP contribution >= 0.6 is 0 Å². The van der Waals surface area contributed by atoms with E-state index in [0.717, 1.165) is 25.1 Å². The first-order valence-electron chi connectivity index (χ1n) is 6.15. The number of benzene rings is 1. The Morgan fingerprint density at radius 2 is 2.18 bits per heavy atom. The molecule has 1 aromatic carbocycles. The van der Waals surface area contributed by atoms with Crippen LogP contribution < -0.4 is 5.32 Å². The van der Waals surface area contributed by atoms with Crippen LogP contribution in [0.1, 0.15) is 31.9 Å². The average molecular weight is 239 g/mol. The van der Waals surface area contributed by atoms with Crippen LogP contribution in [0.25, 0.3) is 0 Å². The first-order valence-corrected chi connectivity index (χ1v) is 6.15. The fourth-order valence-corrected chi connectivity index (χ4v) is 2.06. The highest BCUT2D eigenvalue weighted by Gasteiger charge is 2.14. The van der Waals surface area contributed by atoms with Crippen LogP contribution in [-0.2, 0) is 4.74 Å². The van der Waals surface area contributed by atoms with Crippen molar-refractivity contribution in [3.8, 4) is 0 Å². The molecule has 1 rings (SSSR count). The lowest BCUT2D eigenvalue weighted by atomic mass is 9.96. The Bertz CT molecular complexity index is 330. The summed E-state index contributed by atoms with van der Waals surface area (Å²) in [5.74, 6) is 0.275. The molecule has 2 nitrogen and oxygen atoms in total. The van der Waals surface area contributed by atoms with Gasteiger partial charge in [-0.15, -0.1) is 0 Å². The highest BCUT2D eigenvalue weighted by molar-refractivity contribution is 5.20. The van der Waals surface area contributed by atoms with Crippen molar-refractivity contribution in [1.29, 1.82) is 0 Å². The van der Waals surface area contributed by atoms with Crippen LogP contribution in [0.3, 0.4) is 0 Å². The smallest absolute Gasteiger partial charge is 0.123 e. The Kier molecular flexibility index (Phi) is 6.16. The molecule has 1 aromatic rings. The molecule has 0 heterocycles. The van der Waals surface area contributed by atoms with Gasteiger partial charge in [0.1, 0.15) is 5.82 Å². The molecule has 0 saturated carbocycles. The van der Waals surface area contributed by atoms with Gasteiger partial charge in [-0.1, -0.05) is 26.0 Å². The van der Waals surface area contributed by atoms with Crippen molar-refractivity contribution in [3.63, 3.8) is 0 Å². The van der Waals surface area contributed by atoms with E-state index < -0.39 is 0 Å². The molecule has 0 bridgehead atoms. The number of methoxy groups -OCH3 is 1. The molecule has 96 valence electrons. The fraction of sp³-hybridized carbons (Fsp3) is 0.571. The monoisotopic (exact) mass is 239 g/mol. The Hall–Kier alpha value is -0.930. The minimum absolute atomic E-state index is 0.176. The highest BCUT2D eigenvalue weighted by atomic mass is 19.1. The summed E-state index contributed by atoms with van der Waals surface area (Å²) >= 11 is 0. The molecule has 1 N–H and O–H groups in total. The van der Waals surface area contributed by atoms with E-state index in [1.165, 1.54) is 6.07 Å². The standard InChI is InChI=1S/C14H22FNO/c1-4-16-14(8-11(2)10-17-3)12-6-5-7-13(15)9-12/h5-7,9,11,14,16H,4,8,10H2,1-3H3. The molecule has 0 aliphatic rings. The largest absolute Gasteiger partial charge is 0.384 e. The van der Waals surface area contributed by atoms with Gasteiger partial charge in [0, 0.05) is 19.8 Å². The van der Waals surface area contributed by atoms with Gasteiger partial charge in [-0.05, 0) is 36.6 Å². The number of ether oxygens (including phenoxy) is 1. The Labute approximate surface area is 103 Å². The SMILES string of the molecule is CCNC(CC(C)COC)c1cccc(F)c1. The molecule has 0 spiro atoms. The maximum atomic E-state index is 13.2. The summed E-state index contributed by atoms with van der Waals surface area (Å²) in [7, 11) is 1.71. The van der Waals surface area contributed by atoms with E-state index in [9.17, 15) is 4.39 Å². The summed E-state index contributed by atoms with van der Waals surface area (Å²) in [6.07, 6.45) is 0.950. The van der Waals surface area contributed by atoms with Gasteiger partial charge in [-0.25, -0.2) is 4.39 Å².